The number of methoxy groups -OCH3 is 1. The highest BCUT2D eigenvalue weighted by Gasteiger charge is 2.30. The summed E-state index contributed by atoms with van der Waals surface area (Å²) < 4.78 is 11.9. The van der Waals surface area contributed by atoms with Gasteiger partial charge >= 0.3 is 11.8 Å². The number of amides is 1. The van der Waals surface area contributed by atoms with Gasteiger partial charge in [-0.15, -0.1) is 5.10 Å². The summed E-state index contributed by atoms with van der Waals surface area (Å²) in [5, 5.41) is 7.98. The van der Waals surface area contributed by atoms with Gasteiger partial charge in [-0.3, -0.25) is 9.59 Å². The number of oxazole rings is 1. The van der Waals surface area contributed by atoms with Crippen molar-refractivity contribution in [2.45, 2.75) is 38.6 Å². The second-order valence-electron chi connectivity index (χ2n) is 7.16. The number of aryl methyl sites for hydroxylation is 1. The number of benzene rings is 1. The Morgan fingerprint density at radius 3 is 2.66 bits per heavy atom. The van der Waals surface area contributed by atoms with Crippen LogP contribution in [0.2, 0.25) is 5.02 Å². The van der Waals surface area contributed by atoms with E-state index in [2.05, 4.69) is 15.4 Å². The summed E-state index contributed by atoms with van der Waals surface area (Å²) in [7, 11) is 1.40. The van der Waals surface area contributed by atoms with Crippen molar-refractivity contribution in [3.05, 3.63) is 40.7 Å². The van der Waals surface area contributed by atoms with Crippen LogP contribution in [0.5, 0.6) is 0 Å². The van der Waals surface area contributed by atoms with E-state index in [0.717, 1.165) is 0 Å². The van der Waals surface area contributed by atoms with E-state index >= 15 is 0 Å². The molecule has 0 aliphatic heterocycles. The molecule has 0 radical (unpaired) electrons. The molecule has 0 unspecified atom stereocenters. The molecule has 1 saturated carbocycles. The first-order chi connectivity index (χ1) is 14.0. The molecule has 2 heterocycles. The maximum absolute atomic E-state index is 12.9. The number of hydrogen-bond donors (Lipinski definition) is 1. The Kier molecular flexibility index (Phi) is 5.27. The second-order valence-corrected chi connectivity index (χ2v) is 7.57. The number of carbonyl (C=O) groups is 2. The lowest BCUT2D eigenvalue weighted by atomic mass is 9.86. The smallest absolute Gasteiger partial charge is 0.325 e. The van der Waals surface area contributed by atoms with Crippen LogP contribution in [0, 0.1) is 12.8 Å². The molecular formula is C20H21ClN4O4. The number of esters is 1. The van der Waals surface area contributed by atoms with E-state index in [1.54, 1.807) is 13.0 Å². The minimum absolute atomic E-state index is 0.0145. The van der Waals surface area contributed by atoms with Crippen LogP contribution in [-0.4, -0.2) is 39.6 Å². The molecule has 2 aromatic heterocycles. The minimum atomic E-state index is -0.279. The number of nitrogens with zero attached hydrogens (tertiary/aromatic N) is 3. The number of carbonyl (C=O) groups excluding carboxylic acids is 2. The molecule has 9 heteroatoms. The number of rotatable bonds is 4. The first kappa shape index (κ1) is 19.4. The summed E-state index contributed by atoms with van der Waals surface area (Å²) in [5.74, 6) is 0.504. The summed E-state index contributed by atoms with van der Waals surface area (Å²) in [5.41, 5.74) is 0.971. The first-order valence-electron chi connectivity index (χ1n) is 9.47. The van der Waals surface area contributed by atoms with Gasteiger partial charge in [-0.2, -0.15) is 9.50 Å². The molecule has 0 bridgehead atoms. The van der Waals surface area contributed by atoms with Crippen LogP contribution in [0.25, 0.3) is 17.2 Å². The molecule has 3 aromatic rings. The summed E-state index contributed by atoms with van der Waals surface area (Å²) >= 11 is 6.23. The Balaban J connectivity index is 1.53. The predicted octanol–water partition coefficient (Wildman–Crippen LogP) is 3.41. The minimum Gasteiger partial charge on any atom is -0.469 e. The van der Waals surface area contributed by atoms with E-state index in [4.69, 9.17) is 20.8 Å². The van der Waals surface area contributed by atoms with Gasteiger partial charge < -0.3 is 14.5 Å². The van der Waals surface area contributed by atoms with Gasteiger partial charge in [0.25, 0.3) is 5.91 Å². The van der Waals surface area contributed by atoms with Crippen LogP contribution < -0.4 is 5.32 Å². The van der Waals surface area contributed by atoms with Crippen molar-refractivity contribution in [3.8, 4) is 11.4 Å². The second kappa shape index (κ2) is 7.87. The molecule has 29 heavy (non-hydrogen) atoms. The summed E-state index contributed by atoms with van der Waals surface area (Å²) in [6, 6.07) is 7.21. The van der Waals surface area contributed by atoms with E-state index in [-0.39, 0.29) is 29.7 Å². The Morgan fingerprint density at radius 1 is 1.24 bits per heavy atom. The molecular weight excluding hydrogens is 396 g/mol. The van der Waals surface area contributed by atoms with Crippen molar-refractivity contribution < 1.29 is 18.7 Å². The average molecular weight is 417 g/mol. The maximum Gasteiger partial charge on any atom is 0.325 e. The molecule has 152 valence electrons. The Bertz CT molecular complexity index is 1070. The van der Waals surface area contributed by atoms with Crippen molar-refractivity contribution in [1.29, 1.82) is 0 Å². The van der Waals surface area contributed by atoms with E-state index < -0.39 is 0 Å². The molecule has 1 fully saturated rings. The fourth-order valence-electron chi connectivity index (χ4n) is 3.75. The number of fused-ring (bicyclic) bond motifs is 1. The van der Waals surface area contributed by atoms with Gasteiger partial charge in [0.1, 0.15) is 5.76 Å². The Hall–Kier alpha value is -2.87. The molecule has 1 aliphatic carbocycles. The Morgan fingerprint density at radius 2 is 1.97 bits per heavy atom. The van der Waals surface area contributed by atoms with Gasteiger partial charge in [-0.05, 0) is 44.7 Å². The summed E-state index contributed by atoms with van der Waals surface area (Å²) in [6.07, 6.45) is 2.82. The molecule has 8 nitrogen and oxygen atoms in total. The van der Waals surface area contributed by atoms with Gasteiger partial charge in [-0.1, -0.05) is 23.7 Å². The SMILES string of the molecule is COC(=O)C1CCC(NC(=O)c2c(C)oc3nc(-c4ccccc4Cl)nn23)CC1. The third-order valence-corrected chi connectivity index (χ3v) is 5.62. The van der Waals surface area contributed by atoms with E-state index in [9.17, 15) is 9.59 Å². The molecule has 0 atom stereocenters. The van der Waals surface area contributed by atoms with Crippen molar-refractivity contribution in [1.82, 2.24) is 19.9 Å². The molecule has 1 aliphatic rings. The number of nitrogens with one attached hydrogen (secondary N) is 1. The zero-order chi connectivity index (χ0) is 20.5. The van der Waals surface area contributed by atoms with Gasteiger partial charge in [0.15, 0.2) is 11.5 Å². The lowest BCUT2D eigenvalue weighted by Gasteiger charge is -2.27. The predicted molar refractivity (Wildman–Crippen MR) is 106 cm³/mol. The number of halogens is 1. The highest BCUT2D eigenvalue weighted by molar-refractivity contribution is 6.33. The van der Waals surface area contributed by atoms with Crippen molar-refractivity contribution >= 4 is 29.3 Å². The van der Waals surface area contributed by atoms with E-state index in [0.29, 0.717) is 53.5 Å². The van der Waals surface area contributed by atoms with Crippen molar-refractivity contribution in [3.63, 3.8) is 0 Å². The fourth-order valence-corrected chi connectivity index (χ4v) is 3.97. The number of hydrogen-bond acceptors (Lipinski definition) is 6. The molecule has 1 amide bonds. The van der Waals surface area contributed by atoms with Crippen LogP contribution in [0.1, 0.15) is 41.9 Å². The lowest BCUT2D eigenvalue weighted by Crippen LogP contribution is -2.39. The standard InChI is InChI=1S/C20H21ClN4O4/c1-11-16(18(26)22-13-9-7-12(8-10-13)19(27)28-2)25-20(29-11)23-17(24-25)14-5-3-4-6-15(14)21/h3-6,12-13H,7-10H2,1-2H3,(H,22,26). The molecule has 1 aromatic carbocycles. The topological polar surface area (TPSA) is 98.7 Å². The summed E-state index contributed by atoms with van der Waals surface area (Å²) in [6.45, 7) is 1.70. The number of aromatic nitrogens is 3. The van der Waals surface area contributed by atoms with E-state index in [1.807, 2.05) is 18.2 Å². The average Bonchev–Trinajstić information content (AvgIpc) is 3.24. The van der Waals surface area contributed by atoms with Crippen LogP contribution >= 0.6 is 11.6 Å². The van der Waals surface area contributed by atoms with Gasteiger partial charge in [0, 0.05) is 11.6 Å². The molecule has 4 rings (SSSR count). The molecule has 1 N–H and O–H groups in total. The van der Waals surface area contributed by atoms with E-state index in [1.165, 1.54) is 11.6 Å². The van der Waals surface area contributed by atoms with Crippen molar-refractivity contribution in [2.75, 3.05) is 7.11 Å². The monoisotopic (exact) mass is 416 g/mol. The van der Waals surface area contributed by atoms with Crippen LogP contribution in [0.3, 0.4) is 0 Å². The highest BCUT2D eigenvalue weighted by atomic mass is 35.5. The van der Waals surface area contributed by atoms with Gasteiger partial charge in [0.2, 0.25) is 0 Å². The zero-order valence-corrected chi connectivity index (χ0v) is 16.9. The van der Waals surface area contributed by atoms with Crippen LogP contribution in [0.15, 0.2) is 28.7 Å². The van der Waals surface area contributed by atoms with Crippen LogP contribution in [-0.2, 0) is 9.53 Å². The quantitative estimate of drug-likeness (QED) is 0.654. The third kappa shape index (κ3) is 3.72. The number of ether oxygens (including phenoxy) is 1. The molecule has 0 spiro atoms. The maximum atomic E-state index is 12.9. The normalized spacial score (nSPS) is 19.3. The lowest BCUT2D eigenvalue weighted by molar-refractivity contribution is -0.146. The Labute approximate surface area is 172 Å². The first-order valence-corrected chi connectivity index (χ1v) is 9.85. The summed E-state index contributed by atoms with van der Waals surface area (Å²) in [4.78, 5) is 28.9. The van der Waals surface area contributed by atoms with Gasteiger partial charge in [-0.25, -0.2) is 0 Å². The highest BCUT2D eigenvalue weighted by Crippen LogP contribution is 2.28. The van der Waals surface area contributed by atoms with Crippen molar-refractivity contribution in [2.24, 2.45) is 5.92 Å². The fraction of sp³-hybridized carbons (Fsp3) is 0.400. The zero-order valence-electron chi connectivity index (χ0n) is 16.1. The van der Waals surface area contributed by atoms with Gasteiger partial charge in [0.05, 0.1) is 18.1 Å². The molecule has 0 saturated heterocycles. The largest absolute Gasteiger partial charge is 0.469 e. The van der Waals surface area contributed by atoms with Crippen LogP contribution in [0.4, 0.5) is 0 Å². The third-order valence-electron chi connectivity index (χ3n) is 5.29.